The van der Waals surface area contributed by atoms with Gasteiger partial charge in [-0.05, 0) is 50.1 Å². The van der Waals surface area contributed by atoms with Crippen molar-refractivity contribution >= 4 is 33.1 Å². The summed E-state index contributed by atoms with van der Waals surface area (Å²) in [5, 5.41) is 3.16. The van der Waals surface area contributed by atoms with Gasteiger partial charge in [0.2, 0.25) is 5.91 Å². The lowest BCUT2D eigenvalue weighted by Gasteiger charge is -2.08. The molecule has 2 heterocycles. The van der Waals surface area contributed by atoms with Crippen LogP contribution in [0.3, 0.4) is 0 Å². The summed E-state index contributed by atoms with van der Waals surface area (Å²) in [7, 11) is 0. The number of anilines is 1. The van der Waals surface area contributed by atoms with Crippen LogP contribution in [-0.4, -0.2) is 15.5 Å². The van der Waals surface area contributed by atoms with Gasteiger partial charge >= 0.3 is 5.69 Å². The molecule has 0 radical (unpaired) electrons. The summed E-state index contributed by atoms with van der Waals surface area (Å²) in [6.45, 7) is 5.40. The molecule has 124 valence electrons. The molecule has 24 heavy (non-hydrogen) atoms. The second-order valence-electron chi connectivity index (χ2n) is 5.85. The quantitative estimate of drug-likeness (QED) is 0.765. The number of aryl methyl sites for hydroxylation is 3. The molecule has 0 saturated carbocycles. The van der Waals surface area contributed by atoms with E-state index in [2.05, 4.69) is 10.3 Å². The number of aromatic nitrogens is 2. The number of nitrogens with zero attached hydrogens (tertiary/aromatic N) is 1. The lowest BCUT2D eigenvalue weighted by atomic mass is 10.1. The molecular weight excluding hydrogens is 326 g/mol. The third-order valence-corrected chi connectivity index (χ3v) is 4.57. The van der Waals surface area contributed by atoms with Crippen LogP contribution in [0.15, 0.2) is 33.9 Å². The Hall–Kier alpha value is -2.67. The fourth-order valence-electron chi connectivity index (χ4n) is 2.70. The fourth-order valence-corrected chi connectivity index (χ4v) is 3.60. The van der Waals surface area contributed by atoms with Gasteiger partial charge in [-0.2, -0.15) is 0 Å². The summed E-state index contributed by atoms with van der Waals surface area (Å²) in [6, 6.07) is 7.39. The fraction of sp³-hybridized carbons (Fsp3) is 0.235. The van der Waals surface area contributed by atoms with Crippen molar-refractivity contribution in [3.63, 3.8) is 0 Å². The van der Waals surface area contributed by atoms with Gasteiger partial charge in [-0.3, -0.25) is 19.1 Å². The zero-order valence-electron chi connectivity index (χ0n) is 13.6. The number of nitrogens with one attached hydrogen (secondary N) is 2. The first-order chi connectivity index (χ1) is 11.3. The molecule has 0 atom stereocenters. The topological polar surface area (TPSA) is 84.0 Å². The summed E-state index contributed by atoms with van der Waals surface area (Å²) in [4.78, 5) is 40.9. The lowest BCUT2D eigenvalue weighted by molar-refractivity contribution is -0.116. The molecule has 1 amide bonds. The summed E-state index contributed by atoms with van der Waals surface area (Å²) < 4.78 is 0.923. The first-order valence-corrected chi connectivity index (χ1v) is 8.26. The molecule has 3 aromatic rings. The Morgan fingerprint density at radius 1 is 1.12 bits per heavy atom. The van der Waals surface area contributed by atoms with Crippen molar-refractivity contribution in [2.45, 2.75) is 27.3 Å². The third kappa shape index (κ3) is 3.16. The molecule has 0 bridgehead atoms. The number of thiophene rings is 1. The summed E-state index contributed by atoms with van der Waals surface area (Å²) in [5.74, 6) is -0.418. The van der Waals surface area contributed by atoms with E-state index in [1.165, 1.54) is 11.3 Å². The highest BCUT2D eigenvalue weighted by molar-refractivity contribution is 7.18. The maximum absolute atomic E-state index is 12.4. The van der Waals surface area contributed by atoms with E-state index >= 15 is 0 Å². The molecular formula is C17H17N3O3S. The van der Waals surface area contributed by atoms with Crippen LogP contribution in [0.1, 0.15) is 16.0 Å². The minimum atomic E-state index is -0.579. The highest BCUT2D eigenvalue weighted by atomic mass is 32.1. The summed E-state index contributed by atoms with van der Waals surface area (Å²) in [5.41, 5.74) is 1.67. The Labute approximate surface area is 141 Å². The van der Waals surface area contributed by atoms with E-state index in [0.717, 1.165) is 20.6 Å². The maximum atomic E-state index is 12.4. The van der Waals surface area contributed by atoms with Gasteiger partial charge < -0.3 is 5.32 Å². The molecule has 0 aliphatic heterocycles. The second-order valence-corrected chi connectivity index (χ2v) is 7.10. The Kier molecular flexibility index (Phi) is 4.11. The average Bonchev–Trinajstić information content (AvgIpc) is 2.83. The molecule has 2 aromatic heterocycles. The van der Waals surface area contributed by atoms with Crippen molar-refractivity contribution < 1.29 is 4.79 Å². The van der Waals surface area contributed by atoms with Crippen molar-refractivity contribution in [2.75, 3.05) is 5.32 Å². The predicted octanol–water partition coefficient (Wildman–Crippen LogP) is 2.32. The number of H-pyrrole nitrogens is 1. The number of aromatic amines is 1. The number of carbonyl (C=O) groups is 1. The Balaban J connectivity index is 1.90. The van der Waals surface area contributed by atoms with Crippen molar-refractivity contribution in [2.24, 2.45) is 0 Å². The first kappa shape index (κ1) is 16.2. The SMILES string of the molecule is Cc1cc(C)cc(NC(=O)Cn2c(=O)[nH]c3sc(C)cc3c2=O)c1. The van der Waals surface area contributed by atoms with Gasteiger partial charge in [0.25, 0.3) is 5.56 Å². The van der Waals surface area contributed by atoms with Gasteiger partial charge in [-0.1, -0.05) is 6.07 Å². The Bertz CT molecular complexity index is 1040. The van der Waals surface area contributed by atoms with Crippen LogP contribution >= 0.6 is 11.3 Å². The third-order valence-electron chi connectivity index (χ3n) is 3.60. The Morgan fingerprint density at radius 3 is 2.46 bits per heavy atom. The molecule has 0 aliphatic rings. The zero-order valence-corrected chi connectivity index (χ0v) is 14.4. The van der Waals surface area contributed by atoms with Gasteiger partial charge in [0.15, 0.2) is 0 Å². The molecule has 0 spiro atoms. The van der Waals surface area contributed by atoms with E-state index in [9.17, 15) is 14.4 Å². The van der Waals surface area contributed by atoms with Gasteiger partial charge in [0.05, 0.1) is 5.39 Å². The number of fused-ring (bicyclic) bond motifs is 1. The molecule has 1 aromatic carbocycles. The van der Waals surface area contributed by atoms with Crippen molar-refractivity contribution in [3.05, 3.63) is 61.1 Å². The van der Waals surface area contributed by atoms with Gasteiger partial charge in [-0.15, -0.1) is 11.3 Å². The van der Waals surface area contributed by atoms with E-state index in [1.807, 2.05) is 39.0 Å². The molecule has 7 heteroatoms. The molecule has 0 unspecified atom stereocenters. The number of benzene rings is 1. The van der Waals surface area contributed by atoms with Crippen LogP contribution in [0.25, 0.3) is 10.2 Å². The number of hydrogen-bond acceptors (Lipinski definition) is 4. The molecule has 6 nitrogen and oxygen atoms in total. The van der Waals surface area contributed by atoms with Crippen molar-refractivity contribution in [1.29, 1.82) is 0 Å². The largest absolute Gasteiger partial charge is 0.329 e. The minimum Gasteiger partial charge on any atom is -0.325 e. The van der Waals surface area contributed by atoms with Crippen LogP contribution in [0.4, 0.5) is 5.69 Å². The highest BCUT2D eigenvalue weighted by Gasteiger charge is 2.13. The standard InChI is InChI=1S/C17H17N3O3S/c1-9-4-10(2)6-12(5-9)18-14(21)8-20-16(22)13-7-11(3)24-15(13)19-17(20)23/h4-7H,8H2,1-3H3,(H,18,21)(H,19,23). The molecule has 2 N–H and O–H groups in total. The summed E-state index contributed by atoms with van der Waals surface area (Å²) >= 11 is 1.34. The van der Waals surface area contributed by atoms with E-state index < -0.39 is 17.2 Å². The number of hydrogen-bond donors (Lipinski definition) is 2. The average molecular weight is 343 g/mol. The van der Waals surface area contributed by atoms with Crippen LogP contribution in [0, 0.1) is 20.8 Å². The zero-order chi connectivity index (χ0) is 17.4. The lowest BCUT2D eigenvalue weighted by Crippen LogP contribution is -2.38. The normalized spacial score (nSPS) is 11.0. The first-order valence-electron chi connectivity index (χ1n) is 7.45. The maximum Gasteiger partial charge on any atom is 0.329 e. The minimum absolute atomic E-state index is 0.327. The molecule has 3 rings (SSSR count). The molecule has 0 saturated heterocycles. The number of carbonyl (C=O) groups excluding carboxylic acids is 1. The smallest absolute Gasteiger partial charge is 0.325 e. The number of amides is 1. The van der Waals surface area contributed by atoms with E-state index in [0.29, 0.717) is 15.9 Å². The van der Waals surface area contributed by atoms with Gasteiger partial charge in [0, 0.05) is 10.6 Å². The molecule has 0 aliphatic carbocycles. The van der Waals surface area contributed by atoms with E-state index in [4.69, 9.17) is 0 Å². The van der Waals surface area contributed by atoms with Crippen LogP contribution in [0.5, 0.6) is 0 Å². The predicted molar refractivity (Wildman–Crippen MR) is 96.0 cm³/mol. The number of rotatable bonds is 3. The van der Waals surface area contributed by atoms with E-state index in [-0.39, 0.29) is 6.54 Å². The summed E-state index contributed by atoms with van der Waals surface area (Å²) in [6.07, 6.45) is 0. The molecule has 0 fully saturated rings. The van der Waals surface area contributed by atoms with Crippen LogP contribution < -0.4 is 16.6 Å². The van der Waals surface area contributed by atoms with Gasteiger partial charge in [-0.25, -0.2) is 4.79 Å². The van der Waals surface area contributed by atoms with Crippen molar-refractivity contribution in [3.8, 4) is 0 Å². The van der Waals surface area contributed by atoms with E-state index in [1.54, 1.807) is 6.07 Å². The Morgan fingerprint density at radius 2 is 1.79 bits per heavy atom. The second kappa shape index (κ2) is 6.09. The monoisotopic (exact) mass is 343 g/mol. The van der Waals surface area contributed by atoms with Crippen LogP contribution in [-0.2, 0) is 11.3 Å². The highest BCUT2D eigenvalue weighted by Crippen LogP contribution is 2.18. The van der Waals surface area contributed by atoms with Crippen molar-refractivity contribution in [1.82, 2.24) is 9.55 Å². The van der Waals surface area contributed by atoms with Crippen LogP contribution in [0.2, 0.25) is 0 Å². The van der Waals surface area contributed by atoms with Gasteiger partial charge in [0.1, 0.15) is 11.4 Å².